The van der Waals surface area contributed by atoms with Gasteiger partial charge in [0.25, 0.3) is 0 Å². The van der Waals surface area contributed by atoms with Crippen LogP contribution in [0.25, 0.3) is 0 Å². The van der Waals surface area contributed by atoms with Crippen LogP contribution >= 0.6 is 0 Å². The first kappa shape index (κ1) is 19.3. The van der Waals surface area contributed by atoms with E-state index >= 15 is 0 Å². The van der Waals surface area contributed by atoms with Crippen molar-refractivity contribution in [1.82, 2.24) is 4.90 Å². The van der Waals surface area contributed by atoms with Crippen LogP contribution < -0.4 is 0 Å². The lowest BCUT2D eigenvalue weighted by molar-refractivity contribution is -0.407. The highest BCUT2D eigenvalue weighted by Crippen LogP contribution is 2.78. The minimum atomic E-state index is -0.568. The largest absolute Gasteiger partial charge is 0.459 e. The number of amides is 1. The Morgan fingerprint density at radius 3 is 2.87 bits per heavy atom. The summed E-state index contributed by atoms with van der Waals surface area (Å²) in [6.07, 6.45) is 6.25. The van der Waals surface area contributed by atoms with Gasteiger partial charge in [-0.15, -0.1) is 0 Å². The molecule has 5 aliphatic carbocycles. The number of hydrogen-bond acceptors (Lipinski definition) is 5. The molecular weight excluding hydrogens is 382 g/mol. The summed E-state index contributed by atoms with van der Waals surface area (Å²) in [6, 6.07) is 0. The van der Waals surface area contributed by atoms with Crippen LogP contribution in [-0.4, -0.2) is 53.5 Å². The van der Waals surface area contributed by atoms with Gasteiger partial charge in [-0.3, -0.25) is 9.59 Å². The number of fused-ring (bicyclic) bond motifs is 2. The van der Waals surface area contributed by atoms with Crippen LogP contribution in [0, 0.1) is 34.0 Å². The third kappa shape index (κ3) is 1.95. The lowest BCUT2D eigenvalue weighted by Gasteiger charge is -2.79. The highest BCUT2D eigenvalue weighted by molar-refractivity contribution is 5.85. The van der Waals surface area contributed by atoms with Crippen molar-refractivity contribution >= 4 is 11.9 Å². The van der Waals surface area contributed by atoms with Gasteiger partial charge in [0.2, 0.25) is 5.91 Å². The summed E-state index contributed by atoms with van der Waals surface area (Å²) in [6.45, 7) is 8.23. The van der Waals surface area contributed by atoms with Gasteiger partial charge in [-0.2, -0.15) is 0 Å². The molecule has 0 aromatic rings. The number of aliphatic hydroxyl groups excluding tert-OH is 1. The first-order valence-corrected chi connectivity index (χ1v) is 11.7. The molecule has 9 atom stereocenters. The molecule has 8 aliphatic rings. The Labute approximate surface area is 178 Å². The molecule has 5 saturated carbocycles. The summed E-state index contributed by atoms with van der Waals surface area (Å²) in [4.78, 5) is 27.8. The molecule has 0 aromatic carbocycles. The molecular formula is C24H33NO5. The molecule has 3 aliphatic heterocycles. The van der Waals surface area contributed by atoms with Crippen molar-refractivity contribution in [2.24, 2.45) is 34.0 Å². The third-order valence-corrected chi connectivity index (χ3v) is 10.1. The molecule has 3 heterocycles. The number of esters is 1. The van der Waals surface area contributed by atoms with Gasteiger partial charge in [-0.1, -0.05) is 25.5 Å². The fourth-order valence-electron chi connectivity index (χ4n) is 9.44. The standard InChI is InChI=1S/C24H33NO5/c1-13-12-23-8-5-15(13)11-16(23)24-7-4-6-22(3)18(24)17(29-14(2)27)19(23)30-21(24)25(9-10-26)20(22)28/h15-19,21,26H,1,4-12H2,2-3H3/t15-,16?,17-,18+,19+,21+,22+,23+,24+/m0/s1. The molecule has 0 radical (unpaired) electrons. The highest BCUT2D eigenvalue weighted by Gasteiger charge is 2.82. The Kier molecular flexibility index (Phi) is 3.79. The van der Waals surface area contributed by atoms with Gasteiger partial charge in [0.15, 0.2) is 0 Å². The average molecular weight is 416 g/mol. The van der Waals surface area contributed by atoms with Crippen molar-refractivity contribution in [3.63, 3.8) is 0 Å². The van der Waals surface area contributed by atoms with Gasteiger partial charge < -0.3 is 19.5 Å². The van der Waals surface area contributed by atoms with Crippen LogP contribution in [0.4, 0.5) is 0 Å². The Bertz CT molecular complexity index is 841. The molecule has 6 heteroatoms. The van der Waals surface area contributed by atoms with E-state index in [9.17, 15) is 14.7 Å². The number of aliphatic hydroxyl groups is 1. The fraction of sp³-hybridized carbons (Fsp3) is 0.833. The quantitative estimate of drug-likeness (QED) is 0.567. The van der Waals surface area contributed by atoms with E-state index in [0.717, 1.165) is 44.9 Å². The Morgan fingerprint density at radius 2 is 2.17 bits per heavy atom. The molecule has 0 aromatic heterocycles. The summed E-state index contributed by atoms with van der Waals surface area (Å²) in [5, 5.41) is 9.76. The first-order chi connectivity index (χ1) is 14.3. The topological polar surface area (TPSA) is 76.1 Å². The maximum Gasteiger partial charge on any atom is 0.303 e. The average Bonchev–Trinajstić information content (AvgIpc) is 2.70. The van der Waals surface area contributed by atoms with E-state index in [2.05, 4.69) is 13.5 Å². The molecule has 8 rings (SSSR count). The van der Waals surface area contributed by atoms with Crippen molar-refractivity contribution in [2.45, 2.75) is 77.2 Å². The first-order valence-electron chi connectivity index (χ1n) is 11.7. The lowest BCUT2D eigenvalue weighted by Crippen LogP contribution is -2.85. The zero-order chi connectivity index (χ0) is 21.1. The molecule has 6 nitrogen and oxygen atoms in total. The summed E-state index contributed by atoms with van der Waals surface area (Å²) in [7, 11) is 0. The number of allylic oxidation sites excluding steroid dienone is 1. The molecule has 3 saturated heterocycles. The fourth-order valence-corrected chi connectivity index (χ4v) is 9.44. The summed E-state index contributed by atoms with van der Waals surface area (Å²) >= 11 is 0. The number of carbonyl (C=O) groups excluding carboxylic acids is 2. The van der Waals surface area contributed by atoms with Crippen LogP contribution in [0.1, 0.15) is 58.8 Å². The van der Waals surface area contributed by atoms with Crippen LogP contribution in [0.15, 0.2) is 12.2 Å². The number of likely N-dealkylation sites (tertiary alicyclic amines) is 1. The second-order valence-electron chi connectivity index (χ2n) is 11.2. The van der Waals surface area contributed by atoms with E-state index in [0.29, 0.717) is 18.4 Å². The molecule has 30 heavy (non-hydrogen) atoms. The van der Waals surface area contributed by atoms with Crippen molar-refractivity contribution in [2.75, 3.05) is 13.2 Å². The third-order valence-electron chi connectivity index (χ3n) is 10.1. The van der Waals surface area contributed by atoms with Gasteiger partial charge in [-0.05, 0) is 50.4 Å². The van der Waals surface area contributed by atoms with Crippen LogP contribution in [0.2, 0.25) is 0 Å². The van der Waals surface area contributed by atoms with Crippen molar-refractivity contribution < 1.29 is 24.2 Å². The van der Waals surface area contributed by atoms with Gasteiger partial charge >= 0.3 is 5.97 Å². The number of hydrogen-bond donors (Lipinski definition) is 1. The maximum atomic E-state index is 13.7. The monoisotopic (exact) mass is 415 g/mol. The summed E-state index contributed by atoms with van der Waals surface area (Å²) in [5.41, 5.74) is 0.521. The molecule has 1 amide bonds. The van der Waals surface area contributed by atoms with E-state index < -0.39 is 5.41 Å². The van der Waals surface area contributed by atoms with Gasteiger partial charge in [0.05, 0.1) is 12.0 Å². The van der Waals surface area contributed by atoms with Crippen molar-refractivity contribution in [3.05, 3.63) is 12.2 Å². The van der Waals surface area contributed by atoms with E-state index in [4.69, 9.17) is 9.47 Å². The van der Waals surface area contributed by atoms with Gasteiger partial charge in [-0.25, -0.2) is 0 Å². The van der Waals surface area contributed by atoms with Crippen LogP contribution in [0.5, 0.6) is 0 Å². The van der Waals surface area contributed by atoms with Crippen LogP contribution in [0.3, 0.4) is 0 Å². The molecule has 8 fully saturated rings. The normalized spacial score (nSPS) is 53.0. The SMILES string of the molecule is C=C1C[C@]23CC[C@H]1CC2[C@@]12CCC[C@@]4(C)C(=O)N(CCO)[C@@H]1O[C@@H]3[C@@H](OC(C)=O)[C@@H]24. The second-order valence-corrected chi connectivity index (χ2v) is 11.2. The number of piperidine rings is 1. The summed E-state index contributed by atoms with van der Waals surface area (Å²) < 4.78 is 12.9. The van der Waals surface area contributed by atoms with Gasteiger partial charge in [0.1, 0.15) is 18.4 Å². The number of carbonyl (C=O) groups is 2. The van der Waals surface area contributed by atoms with Crippen molar-refractivity contribution in [3.8, 4) is 0 Å². The molecule has 164 valence electrons. The van der Waals surface area contributed by atoms with E-state index in [-0.39, 0.29) is 53.7 Å². The van der Waals surface area contributed by atoms with E-state index in [1.165, 1.54) is 12.5 Å². The Balaban J connectivity index is 1.58. The Hall–Kier alpha value is -1.40. The maximum absolute atomic E-state index is 13.7. The van der Waals surface area contributed by atoms with E-state index in [1.807, 2.05) is 4.90 Å². The van der Waals surface area contributed by atoms with Crippen molar-refractivity contribution in [1.29, 1.82) is 0 Å². The predicted molar refractivity (Wildman–Crippen MR) is 108 cm³/mol. The number of nitrogens with zero attached hydrogens (tertiary/aromatic N) is 1. The molecule has 7 bridgehead atoms. The molecule has 1 unspecified atom stereocenters. The minimum absolute atomic E-state index is 0.00270. The van der Waals surface area contributed by atoms with Gasteiger partial charge in [0, 0.05) is 30.2 Å². The number of β-amino-alcohol motifs (C(OH)–C–C–N with tert-alkyl or cyclic N) is 1. The number of ether oxygens (including phenoxy) is 2. The lowest BCUT2D eigenvalue weighted by atomic mass is 9.32. The number of rotatable bonds is 3. The van der Waals surface area contributed by atoms with E-state index in [1.54, 1.807) is 0 Å². The highest BCUT2D eigenvalue weighted by atomic mass is 16.6. The Morgan fingerprint density at radius 1 is 1.37 bits per heavy atom. The zero-order valence-electron chi connectivity index (χ0n) is 18.1. The minimum Gasteiger partial charge on any atom is -0.459 e. The molecule has 1 N–H and O–H groups in total. The zero-order valence-corrected chi connectivity index (χ0v) is 18.1. The molecule has 2 spiro atoms. The van der Waals surface area contributed by atoms with Crippen LogP contribution in [-0.2, 0) is 19.1 Å². The predicted octanol–water partition coefficient (Wildman–Crippen LogP) is 2.65. The smallest absolute Gasteiger partial charge is 0.303 e. The second kappa shape index (κ2) is 5.89. The summed E-state index contributed by atoms with van der Waals surface area (Å²) in [5.74, 6) is 0.806.